The Balaban J connectivity index is 1.26. The van der Waals surface area contributed by atoms with Crippen LogP contribution in [0.4, 0.5) is 0 Å². The Morgan fingerprint density at radius 2 is 1.79 bits per heavy atom. The van der Waals surface area contributed by atoms with Crippen LogP contribution < -0.4 is 10.6 Å². The summed E-state index contributed by atoms with van der Waals surface area (Å²) >= 11 is 0. The number of benzene rings is 2. The SMILES string of the molecule is Cc1ccc(S(=O)(=O)N2CCNC(=O)[C@H]2CC(=O)N[C@@H]2CCCc3cc(CN4CCC(C)CC4)ccc32)cc1. The molecule has 2 aromatic carbocycles. The van der Waals surface area contributed by atoms with Crippen molar-refractivity contribution in [1.82, 2.24) is 19.8 Å². The molecule has 0 aromatic heterocycles. The van der Waals surface area contributed by atoms with E-state index in [1.807, 2.05) is 6.92 Å². The van der Waals surface area contributed by atoms with Crippen molar-refractivity contribution in [3.63, 3.8) is 0 Å². The Labute approximate surface area is 232 Å². The van der Waals surface area contributed by atoms with Crippen molar-refractivity contribution in [1.29, 1.82) is 0 Å². The summed E-state index contributed by atoms with van der Waals surface area (Å²) in [7, 11) is -3.92. The zero-order valence-electron chi connectivity index (χ0n) is 23.0. The van der Waals surface area contributed by atoms with Gasteiger partial charge in [-0.15, -0.1) is 0 Å². The minimum atomic E-state index is -3.92. The number of hydrogen-bond donors (Lipinski definition) is 2. The molecule has 0 unspecified atom stereocenters. The number of aryl methyl sites for hydroxylation is 2. The number of carbonyl (C=O) groups excluding carboxylic acids is 2. The van der Waals surface area contributed by atoms with Crippen molar-refractivity contribution in [3.05, 3.63) is 64.7 Å². The smallest absolute Gasteiger partial charge is 0.243 e. The van der Waals surface area contributed by atoms with Crippen LogP contribution in [-0.2, 0) is 32.6 Å². The third kappa shape index (κ3) is 6.36. The van der Waals surface area contributed by atoms with Gasteiger partial charge in [-0.05, 0) is 86.9 Å². The van der Waals surface area contributed by atoms with Crippen molar-refractivity contribution in [3.8, 4) is 0 Å². The minimum Gasteiger partial charge on any atom is -0.353 e. The van der Waals surface area contributed by atoms with Gasteiger partial charge in [0.25, 0.3) is 0 Å². The molecule has 0 radical (unpaired) electrons. The summed E-state index contributed by atoms with van der Waals surface area (Å²) in [4.78, 5) is 28.7. The van der Waals surface area contributed by atoms with Crippen molar-refractivity contribution in [2.45, 2.75) is 75.9 Å². The van der Waals surface area contributed by atoms with Gasteiger partial charge < -0.3 is 10.6 Å². The predicted molar refractivity (Wildman–Crippen MR) is 150 cm³/mol. The molecular formula is C30H40N4O4S. The molecule has 3 aliphatic rings. The predicted octanol–water partition coefficient (Wildman–Crippen LogP) is 3.30. The lowest BCUT2D eigenvalue weighted by Gasteiger charge is -2.34. The third-order valence-electron chi connectivity index (χ3n) is 8.43. The first-order chi connectivity index (χ1) is 18.7. The molecule has 0 bridgehead atoms. The van der Waals surface area contributed by atoms with Gasteiger partial charge in [-0.3, -0.25) is 14.5 Å². The monoisotopic (exact) mass is 552 g/mol. The topological polar surface area (TPSA) is 98.8 Å². The normalized spacial score (nSPS) is 23.2. The van der Waals surface area contributed by atoms with Crippen LogP contribution in [0.2, 0.25) is 0 Å². The largest absolute Gasteiger partial charge is 0.353 e. The van der Waals surface area contributed by atoms with Crippen molar-refractivity contribution in [2.24, 2.45) is 5.92 Å². The number of rotatable bonds is 7. The van der Waals surface area contributed by atoms with Gasteiger partial charge in [-0.2, -0.15) is 4.31 Å². The molecule has 2 amide bonds. The van der Waals surface area contributed by atoms with Crippen LogP contribution in [0.5, 0.6) is 0 Å². The molecular weight excluding hydrogens is 512 g/mol. The van der Waals surface area contributed by atoms with Crippen LogP contribution in [0.3, 0.4) is 0 Å². The van der Waals surface area contributed by atoms with Gasteiger partial charge in [0.1, 0.15) is 6.04 Å². The highest BCUT2D eigenvalue weighted by Crippen LogP contribution is 2.31. The summed E-state index contributed by atoms with van der Waals surface area (Å²) in [6, 6.07) is 11.9. The molecule has 39 heavy (non-hydrogen) atoms. The van der Waals surface area contributed by atoms with Crippen molar-refractivity contribution >= 4 is 21.8 Å². The number of likely N-dealkylation sites (tertiary alicyclic amines) is 1. The number of carbonyl (C=O) groups is 2. The summed E-state index contributed by atoms with van der Waals surface area (Å²) in [5.74, 6) is 0.0574. The third-order valence-corrected chi connectivity index (χ3v) is 10.3. The second-order valence-electron chi connectivity index (χ2n) is 11.4. The first kappa shape index (κ1) is 27.8. The van der Waals surface area contributed by atoms with Crippen molar-refractivity contribution in [2.75, 3.05) is 26.2 Å². The summed E-state index contributed by atoms with van der Waals surface area (Å²) in [6.07, 6.45) is 5.07. The summed E-state index contributed by atoms with van der Waals surface area (Å²) in [5.41, 5.74) is 4.66. The first-order valence-electron chi connectivity index (χ1n) is 14.2. The highest BCUT2D eigenvalue weighted by atomic mass is 32.2. The van der Waals surface area contributed by atoms with Crippen LogP contribution in [0.1, 0.15) is 67.3 Å². The number of hydrogen-bond acceptors (Lipinski definition) is 5. The van der Waals surface area contributed by atoms with Gasteiger partial charge in [0, 0.05) is 19.6 Å². The van der Waals surface area contributed by atoms with Crippen LogP contribution in [-0.4, -0.2) is 61.7 Å². The Kier molecular flexibility index (Phi) is 8.40. The van der Waals surface area contributed by atoms with Gasteiger partial charge in [-0.25, -0.2) is 8.42 Å². The zero-order chi connectivity index (χ0) is 27.6. The second kappa shape index (κ2) is 11.8. The number of fused-ring (bicyclic) bond motifs is 1. The molecule has 2 heterocycles. The van der Waals surface area contributed by atoms with Crippen molar-refractivity contribution < 1.29 is 18.0 Å². The average Bonchev–Trinajstić information content (AvgIpc) is 2.91. The first-order valence-corrected chi connectivity index (χ1v) is 15.6. The van der Waals surface area contributed by atoms with Gasteiger partial charge in [0.2, 0.25) is 21.8 Å². The molecule has 9 heteroatoms. The lowest BCUT2D eigenvalue weighted by Crippen LogP contribution is -2.58. The Morgan fingerprint density at radius 1 is 1.05 bits per heavy atom. The Bertz CT molecular complexity index is 1300. The van der Waals surface area contributed by atoms with E-state index in [9.17, 15) is 18.0 Å². The van der Waals surface area contributed by atoms with Crippen LogP contribution in [0, 0.1) is 12.8 Å². The maximum Gasteiger partial charge on any atom is 0.243 e. The van der Waals surface area contributed by atoms with E-state index in [2.05, 4.69) is 40.7 Å². The number of piperidine rings is 1. The summed E-state index contributed by atoms with van der Waals surface area (Å²) in [6.45, 7) is 7.80. The lowest BCUT2D eigenvalue weighted by atomic mass is 9.86. The molecule has 2 aliphatic heterocycles. The molecule has 5 rings (SSSR count). The van der Waals surface area contributed by atoms with Gasteiger partial charge >= 0.3 is 0 Å². The van der Waals surface area contributed by atoms with Gasteiger partial charge in [0.05, 0.1) is 17.4 Å². The number of sulfonamides is 1. The second-order valence-corrected chi connectivity index (χ2v) is 13.3. The number of nitrogens with one attached hydrogen (secondary N) is 2. The van der Waals surface area contributed by atoms with E-state index in [1.165, 1.54) is 28.3 Å². The fraction of sp³-hybridized carbons (Fsp3) is 0.533. The number of amides is 2. The Morgan fingerprint density at radius 3 is 2.54 bits per heavy atom. The van der Waals surface area contributed by atoms with Gasteiger partial charge in [0.15, 0.2) is 0 Å². The fourth-order valence-electron chi connectivity index (χ4n) is 6.04. The van der Waals surface area contributed by atoms with E-state index in [4.69, 9.17) is 0 Å². The molecule has 2 saturated heterocycles. The average molecular weight is 553 g/mol. The molecule has 0 spiro atoms. The molecule has 0 saturated carbocycles. The van der Waals surface area contributed by atoms with Crippen LogP contribution in [0.15, 0.2) is 47.4 Å². The highest BCUT2D eigenvalue weighted by molar-refractivity contribution is 7.89. The number of piperazine rings is 1. The van der Waals surface area contributed by atoms with Crippen LogP contribution in [0.25, 0.3) is 0 Å². The molecule has 2 atom stereocenters. The number of nitrogens with zero attached hydrogens (tertiary/aromatic N) is 2. The maximum absolute atomic E-state index is 13.4. The molecule has 8 nitrogen and oxygen atoms in total. The lowest BCUT2D eigenvalue weighted by molar-refractivity contribution is -0.132. The fourth-order valence-corrected chi connectivity index (χ4v) is 7.63. The van der Waals surface area contributed by atoms with Gasteiger partial charge in [-0.1, -0.05) is 42.8 Å². The van der Waals surface area contributed by atoms with E-state index in [0.717, 1.165) is 55.9 Å². The van der Waals surface area contributed by atoms with E-state index in [0.29, 0.717) is 0 Å². The molecule has 210 valence electrons. The van der Waals surface area contributed by atoms with E-state index in [1.54, 1.807) is 24.3 Å². The molecule has 2 fully saturated rings. The van der Waals surface area contributed by atoms with E-state index < -0.39 is 22.0 Å². The molecule has 1 aliphatic carbocycles. The molecule has 2 aromatic rings. The zero-order valence-corrected chi connectivity index (χ0v) is 23.8. The van der Waals surface area contributed by atoms with E-state index >= 15 is 0 Å². The standard InChI is InChI=1S/C30H40N4O4S/c1-21-6-9-25(10-7-21)39(37,38)34-17-14-31-30(36)28(34)19-29(35)32-27-5-3-4-24-18-23(8-11-26(24)27)20-33-15-12-22(2)13-16-33/h6-11,18,22,27-28H,3-5,12-17,19-20H2,1-2H3,(H,31,36)(H,32,35)/t27-,28-/m1/s1. The quantitative estimate of drug-likeness (QED) is 0.549. The highest BCUT2D eigenvalue weighted by Gasteiger charge is 2.40. The Hall–Kier alpha value is -2.75. The molecule has 2 N–H and O–H groups in total. The summed E-state index contributed by atoms with van der Waals surface area (Å²) < 4.78 is 28.0. The minimum absolute atomic E-state index is 0.129. The van der Waals surface area contributed by atoms with Crippen LogP contribution >= 0.6 is 0 Å². The van der Waals surface area contributed by atoms with E-state index in [-0.39, 0.29) is 36.4 Å². The summed E-state index contributed by atoms with van der Waals surface area (Å²) in [5, 5.41) is 5.85. The maximum atomic E-state index is 13.4.